The van der Waals surface area contributed by atoms with Gasteiger partial charge in [0, 0.05) is 24.4 Å². The molecule has 7 heteroatoms. The van der Waals surface area contributed by atoms with Gasteiger partial charge in [0.2, 0.25) is 5.88 Å². The summed E-state index contributed by atoms with van der Waals surface area (Å²) in [5.41, 5.74) is 1.46. The maximum Gasteiger partial charge on any atom is 0.224 e. The van der Waals surface area contributed by atoms with Crippen molar-refractivity contribution >= 4 is 0 Å². The Bertz CT molecular complexity index is 978. The van der Waals surface area contributed by atoms with Gasteiger partial charge in [-0.25, -0.2) is 13.8 Å². The normalized spacial score (nSPS) is 20.9. The number of rotatable bonds is 7. The summed E-state index contributed by atoms with van der Waals surface area (Å²) < 4.78 is 33.3. The van der Waals surface area contributed by atoms with Gasteiger partial charge < -0.3 is 10.1 Å². The Balaban J connectivity index is 1.47. The zero-order chi connectivity index (χ0) is 20.3. The molecule has 0 saturated heterocycles. The highest BCUT2D eigenvalue weighted by Gasteiger charge is 2.48. The van der Waals surface area contributed by atoms with Crippen LogP contribution in [0.4, 0.5) is 8.78 Å². The minimum atomic E-state index is -0.931. The zero-order valence-electron chi connectivity index (χ0n) is 16.1. The van der Waals surface area contributed by atoms with E-state index in [4.69, 9.17) is 4.74 Å². The predicted octanol–water partition coefficient (Wildman–Crippen LogP) is 3.85. The molecule has 1 N–H and O–H groups in total. The molecule has 2 aromatic heterocycles. The zero-order valence-corrected chi connectivity index (χ0v) is 16.1. The van der Waals surface area contributed by atoms with Crippen molar-refractivity contribution in [2.45, 2.75) is 31.0 Å². The van der Waals surface area contributed by atoms with E-state index < -0.39 is 17.4 Å². The Morgan fingerprint density at radius 2 is 1.93 bits per heavy atom. The topological polar surface area (TPSA) is 59.9 Å². The largest absolute Gasteiger partial charge is 0.480 e. The van der Waals surface area contributed by atoms with E-state index in [-0.39, 0.29) is 12.8 Å². The molecule has 1 saturated carbocycles. The van der Waals surface area contributed by atoms with E-state index in [1.807, 2.05) is 30.3 Å². The number of alkyl halides is 1. The van der Waals surface area contributed by atoms with Crippen molar-refractivity contribution < 1.29 is 13.5 Å². The summed E-state index contributed by atoms with van der Waals surface area (Å²) in [5, 5.41) is 3.25. The third kappa shape index (κ3) is 3.96. The van der Waals surface area contributed by atoms with Gasteiger partial charge in [-0.1, -0.05) is 30.3 Å². The Labute approximate surface area is 168 Å². The molecule has 0 spiro atoms. The summed E-state index contributed by atoms with van der Waals surface area (Å²) in [4.78, 5) is 13.1. The van der Waals surface area contributed by atoms with Gasteiger partial charge in [0.25, 0.3) is 0 Å². The van der Waals surface area contributed by atoms with Gasteiger partial charge in [0.1, 0.15) is 17.8 Å². The summed E-state index contributed by atoms with van der Waals surface area (Å²) in [6.45, 7) is 0.756. The lowest BCUT2D eigenvalue weighted by Crippen LogP contribution is -2.50. The molecule has 2 heterocycles. The molecule has 0 aliphatic heterocycles. The monoisotopic (exact) mass is 396 g/mol. The second kappa shape index (κ2) is 8.21. The number of halogens is 2. The summed E-state index contributed by atoms with van der Waals surface area (Å²) >= 11 is 0. The quantitative estimate of drug-likeness (QED) is 0.657. The smallest absolute Gasteiger partial charge is 0.224 e. The Morgan fingerprint density at radius 3 is 2.62 bits per heavy atom. The number of pyridine rings is 1. The van der Waals surface area contributed by atoms with Gasteiger partial charge in [-0.05, 0) is 30.5 Å². The van der Waals surface area contributed by atoms with Gasteiger partial charge in [-0.15, -0.1) is 0 Å². The van der Waals surface area contributed by atoms with Crippen LogP contribution < -0.4 is 10.1 Å². The SMILES string of the molecule is COc1nc(CNCC2(c3ncccc3F)CC(F)C2)ncc1-c1ccccc1. The maximum absolute atomic E-state index is 14.2. The number of methoxy groups -OCH3 is 1. The van der Waals surface area contributed by atoms with Crippen LogP contribution in [0.3, 0.4) is 0 Å². The fourth-order valence-corrected chi connectivity index (χ4v) is 3.86. The highest BCUT2D eigenvalue weighted by Crippen LogP contribution is 2.45. The standard InChI is InChI=1S/C22H22F2N4O/c1-29-21-17(15-6-3-2-4-7-15)12-27-19(28-21)13-25-14-22(10-16(23)11-22)20-18(24)8-5-9-26-20/h2-9,12,16,25H,10-11,13-14H2,1H3. The summed E-state index contributed by atoms with van der Waals surface area (Å²) in [7, 11) is 1.57. The predicted molar refractivity (Wildman–Crippen MR) is 106 cm³/mol. The molecule has 0 bridgehead atoms. The fourth-order valence-electron chi connectivity index (χ4n) is 3.86. The third-order valence-corrected chi connectivity index (χ3v) is 5.31. The van der Waals surface area contributed by atoms with Crippen molar-refractivity contribution in [2.75, 3.05) is 13.7 Å². The van der Waals surface area contributed by atoms with E-state index in [0.29, 0.717) is 30.5 Å². The first kappa shape index (κ1) is 19.4. The number of nitrogens with zero attached hydrogens (tertiary/aromatic N) is 3. The first-order valence-electron chi connectivity index (χ1n) is 9.52. The lowest BCUT2D eigenvalue weighted by Gasteiger charge is -2.44. The first-order chi connectivity index (χ1) is 14.1. The van der Waals surface area contributed by atoms with E-state index in [1.54, 1.807) is 25.6 Å². The van der Waals surface area contributed by atoms with Gasteiger partial charge >= 0.3 is 0 Å². The molecule has 0 amide bonds. The lowest BCUT2D eigenvalue weighted by molar-refractivity contribution is 0.0854. The van der Waals surface area contributed by atoms with E-state index in [9.17, 15) is 8.78 Å². The molecular formula is C22H22F2N4O. The van der Waals surface area contributed by atoms with Crippen LogP contribution in [0.2, 0.25) is 0 Å². The minimum Gasteiger partial charge on any atom is -0.480 e. The van der Waals surface area contributed by atoms with Crippen LogP contribution in [0.15, 0.2) is 54.9 Å². The second-order valence-corrected chi connectivity index (χ2v) is 7.30. The average molecular weight is 396 g/mol. The molecule has 0 unspecified atom stereocenters. The Hall–Kier alpha value is -2.93. The van der Waals surface area contributed by atoms with Gasteiger partial charge in [-0.2, -0.15) is 4.98 Å². The number of ether oxygens (including phenoxy) is 1. The summed E-state index contributed by atoms with van der Waals surface area (Å²) in [5.74, 6) is 0.640. The van der Waals surface area contributed by atoms with Crippen molar-refractivity contribution in [1.29, 1.82) is 0 Å². The number of aromatic nitrogens is 3. The highest BCUT2D eigenvalue weighted by atomic mass is 19.1. The molecule has 0 radical (unpaired) electrons. The van der Waals surface area contributed by atoms with E-state index in [2.05, 4.69) is 20.3 Å². The van der Waals surface area contributed by atoms with Crippen molar-refractivity contribution in [3.8, 4) is 17.0 Å². The van der Waals surface area contributed by atoms with E-state index in [1.165, 1.54) is 6.07 Å². The van der Waals surface area contributed by atoms with Crippen LogP contribution in [0.25, 0.3) is 11.1 Å². The highest BCUT2D eigenvalue weighted by molar-refractivity contribution is 5.67. The molecule has 0 atom stereocenters. The molecule has 5 nitrogen and oxygen atoms in total. The van der Waals surface area contributed by atoms with Gasteiger partial charge in [0.15, 0.2) is 0 Å². The maximum atomic E-state index is 14.2. The molecule has 150 valence electrons. The van der Waals surface area contributed by atoms with Crippen LogP contribution in [0.1, 0.15) is 24.4 Å². The lowest BCUT2D eigenvalue weighted by atomic mass is 9.65. The van der Waals surface area contributed by atoms with E-state index >= 15 is 0 Å². The fraction of sp³-hybridized carbons (Fsp3) is 0.318. The number of hydrogen-bond acceptors (Lipinski definition) is 5. The van der Waals surface area contributed by atoms with Gasteiger partial charge in [-0.3, -0.25) is 4.98 Å². The van der Waals surface area contributed by atoms with Crippen molar-refractivity contribution in [2.24, 2.45) is 0 Å². The Morgan fingerprint density at radius 1 is 1.14 bits per heavy atom. The minimum absolute atomic E-state index is 0.255. The Kier molecular flexibility index (Phi) is 5.49. The molecular weight excluding hydrogens is 374 g/mol. The number of benzene rings is 1. The summed E-state index contributed by atoms with van der Waals surface area (Å²) in [6.07, 6.45) is 2.85. The molecule has 1 aliphatic carbocycles. The van der Waals surface area contributed by atoms with Crippen molar-refractivity contribution in [3.63, 3.8) is 0 Å². The van der Waals surface area contributed by atoms with Crippen LogP contribution in [-0.2, 0) is 12.0 Å². The summed E-state index contributed by atoms with van der Waals surface area (Å²) in [6, 6.07) is 12.7. The number of nitrogens with one attached hydrogen (secondary N) is 1. The third-order valence-electron chi connectivity index (χ3n) is 5.31. The van der Waals surface area contributed by atoms with Crippen LogP contribution >= 0.6 is 0 Å². The van der Waals surface area contributed by atoms with Crippen LogP contribution in [0.5, 0.6) is 5.88 Å². The van der Waals surface area contributed by atoms with Crippen LogP contribution in [0, 0.1) is 5.82 Å². The molecule has 1 aliphatic rings. The first-order valence-corrected chi connectivity index (χ1v) is 9.52. The number of hydrogen-bond donors (Lipinski definition) is 1. The molecule has 1 aromatic carbocycles. The molecule has 3 aromatic rings. The molecule has 4 rings (SSSR count). The van der Waals surface area contributed by atoms with Crippen molar-refractivity contribution in [3.05, 3.63) is 72.2 Å². The average Bonchev–Trinajstić information content (AvgIpc) is 2.73. The van der Waals surface area contributed by atoms with Gasteiger partial charge in [0.05, 0.1) is 24.9 Å². The second-order valence-electron chi connectivity index (χ2n) is 7.30. The van der Waals surface area contributed by atoms with Crippen molar-refractivity contribution in [1.82, 2.24) is 20.3 Å². The molecule has 29 heavy (non-hydrogen) atoms. The van der Waals surface area contributed by atoms with E-state index in [0.717, 1.165) is 11.1 Å². The van der Waals surface area contributed by atoms with Crippen LogP contribution in [-0.4, -0.2) is 34.8 Å². The molecule has 1 fully saturated rings.